The van der Waals surface area contributed by atoms with E-state index in [0.717, 1.165) is 16.7 Å². The molecule has 0 radical (unpaired) electrons. The van der Waals surface area contributed by atoms with Crippen molar-refractivity contribution in [2.45, 2.75) is 26.3 Å². The Morgan fingerprint density at radius 1 is 1.17 bits per heavy atom. The number of ether oxygens (including phenoxy) is 2. The van der Waals surface area contributed by atoms with Crippen molar-refractivity contribution in [1.29, 1.82) is 0 Å². The summed E-state index contributed by atoms with van der Waals surface area (Å²) in [6.45, 7) is 3.77. The number of halogens is 1. The van der Waals surface area contributed by atoms with Gasteiger partial charge in [0.05, 0.1) is 19.9 Å². The highest BCUT2D eigenvalue weighted by Crippen LogP contribution is 2.44. The molecule has 0 aliphatic heterocycles. The molecule has 4 rings (SSSR count). The first kappa shape index (κ1) is 19.0. The molecule has 7 heteroatoms. The molecule has 1 aliphatic rings. The zero-order valence-corrected chi connectivity index (χ0v) is 16.7. The van der Waals surface area contributed by atoms with Gasteiger partial charge in [0.1, 0.15) is 11.5 Å². The predicted octanol–water partition coefficient (Wildman–Crippen LogP) is 3.74. The fourth-order valence-corrected chi connectivity index (χ4v) is 3.68. The molecule has 1 amide bonds. The second kappa shape index (κ2) is 7.24. The van der Waals surface area contributed by atoms with Gasteiger partial charge in [0.2, 0.25) is 0 Å². The van der Waals surface area contributed by atoms with Crippen LogP contribution in [0.1, 0.15) is 35.5 Å². The van der Waals surface area contributed by atoms with Gasteiger partial charge in [-0.05, 0) is 43.7 Å². The number of aromatic nitrogens is 2. The minimum atomic E-state index is -0.414. The second-order valence-corrected chi connectivity index (χ2v) is 7.21. The van der Waals surface area contributed by atoms with Crippen LogP contribution in [0.25, 0.3) is 16.9 Å². The molecular weight excluding hydrogens is 373 g/mol. The van der Waals surface area contributed by atoms with E-state index in [0.29, 0.717) is 29.3 Å². The molecule has 1 N–H and O–H groups in total. The number of amides is 1. The van der Waals surface area contributed by atoms with Gasteiger partial charge in [-0.15, -0.1) is 0 Å². The summed E-state index contributed by atoms with van der Waals surface area (Å²) >= 11 is 0. The first-order chi connectivity index (χ1) is 13.9. The Balaban J connectivity index is 1.96. The Hall–Kier alpha value is -3.35. The van der Waals surface area contributed by atoms with Crippen LogP contribution in [-0.4, -0.2) is 35.9 Å². The minimum Gasteiger partial charge on any atom is -0.493 e. The van der Waals surface area contributed by atoms with Gasteiger partial charge < -0.3 is 14.8 Å². The van der Waals surface area contributed by atoms with Gasteiger partial charge in [0.25, 0.3) is 5.91 Å². The molecule has 1 heterocycles. The van der Waals surface area contributed by atoms with Gasteiger partial charge in [-0.3, -0.25) is 4.79 Å². The number of para-hydroxylation sites is 1. The predicted molar refractivity (Wildman–Crippen MR) is 107 cm³/mol. The van der Waals surface area contributed by atoms with Crippen molar-refractivity contribution in [3.8, 4) is 28.4 Å². The van der Waals surface area contributed by atoms with Gasteiger partial charge in [-0.1, -0.05) is 12.1 Å². The van der Waals surface area contributed by atoms with Crippen molar-refractivity contribution in [3.05, 3.63) is 59.0 Å². The number of nitrogens with one attached hydrogen (secondary N) is 1. The molecule has 2 aromatic carbocycles. The van der Waals surface area contributed by atoms with E-state index in [1.165, 1.54) is 10.7 Å². The lowest BCUT2D eigenvalue weighted by molar-refractivity contribution is 0.0937. The van der Waals surface area contributed by atoms with Crippen LogP contribution >= 0.6 is 0 Å². The lowest BCUT2D eigenvalue weighted by Crippen LogP contribution is -2.31. The normalized spacial score (nSPS) is 11.9. The van der Waals surface area contributed by atoms with Crippen molar-refractivity contribution >= 4 is 5.91 Å². The Labute approximate surface area is 168 Å². The lowest BCUT2D eigenvalue weighted by atomic mass is 10.1. The Morgan fingerprint density at radius 3 is 2.52 bits per heavy atom. The molecule has 0 saturated carbocycles. The maximum atomic E-state index is 14.6. The van der Waals surface area contributed by atoms with E-state index in [4.69, 9.17) is 9.47 Å². The minimum absolute atomic E-state index is 0.0410. The van der Waals surface area contributed by atoms with Gasteiger partial charge in [0, 0.05) is 23.6 Å². The molecule has 0 unspecified atom stereocenters. The molecule has 0 saturated heterocycles. The van der Waals surface area contributed by atoms with Crippen LogP contribution in [0, 0.1) is 5.82 Å². The quantitative estimate of drug-likeness (QED) is 0.559. The van der Waals surface area contributed by atoms with Crippen molar-refractivity contribution in [2.24, 2.45) is 0 Å². The summed E-state index contributed by atoms with van der Waals surface area (Å²) in [4.78, 5) is 12.8. The van der Waals surface area contributed by atoms with E-state index in [1.54, 1.807) is 32.4 Å². The second-order valence-electron chi connectivity index (χ2n) is 7.21. The number of hydrogen-bond acceptors (Lipinski definition) is 4. The standard InChI is InChI=1S/C22H22FN3O3/c1-12(2)24-22(27)20-15-9-13-10-18(28-3)19(29-4)11-14(13)21(15)26(25-20)17-8-6-5-7-16(17)23/h5-8,10-12H,9H2,1-4H3,(H,24,27). The molecule has 150 valence electrons. The Morgan fingerprint density at radius 2 is 1.86 bits per heavy atom. The Kier molecular flexibility index (Phi) is 4.74. The Bertz CT molecular complexity index is 1100. The number of carbonyl (C=O) groups excluding carboxylic acids is 1. The molecule has 0 bridgehead atoms. The topological polar surface area (TPSA) is 65.4 Å². The average molecular weight is 395 g/mol. The van der Waals surface area contributed by atoms with Crippen molar-refractivity contribution in [1.82, 2.24) is 15.1 Å². The number of carbonyl (C=O) groups is 1. The van der Waals surface area contributed by atoms with E-state index in [1.807, 2.05) is 26.0 Å². The van der Waals surface area contributed by atoms with E-state index in [-0.39, 0.29) is 17.6 Å². The number of methoxy groups -OCH3 is 2. The summed E-state index contributed by atoms with van der Waals surface area (Å²) in [5.41, 5.74) is 3.86. The average Bonchev–Trinajstić information content (AvgIpc) is 3.23. The summed E-state index contributed by atoms with van der Waals surface area (Å²) in [5.74, 6) is 0.476. The van der Waals surface area contributed by atoms with Crippen LogP contribution < -0.4 is 14.8 Å². The summed E-state index contributed by atoms with van der Waals surface area (Å²) in [6, 6.07) is 10.1. The van der Waals surface area contributed by atoms with Gasteiger partial charge in [-0.2, -0.15) is 5.10 Å². The molecule has 0 spiro atoms. The van der Waals surface area contributed by atoms with Gasteiger partial charge in [-0.25, -0.2) is 9.07 Å². The summed E-state index contributed by atoms with van der Waals surface area (Å²) in [6.07, 6.45) is 0.500. The van der Waals surface area contributed by atoms with Crippen LogP contribution in [-0.2, 0) is 6.42 Å². The highest BCUT2D eigenvalue weighted by atomic mass is 19.1. The summed E-state index contributed by atoms with van der Waals surface area (Å²) in [7, 11) is 3.14. The monoisotopic (exact) mass is 395 g/mol. The smallest absolute Gasteiger partial charge is 0.272 e. The number of rotatable bonds is 5. The zero-order chi connectivity index (χ0) is 20.7. The van der Waals surface area contributed by atoms with Gasteiger partial charge >= 0.3 is 0 Å². The third-order valence-corrected chi connectivity index (χ3v) is 4.93. The van der Waals surface area contributed by atoms with Crippen molar-refractivity contribution < 1.29 is 18.7 Å². The van der Waals surface area contributed by atoms with Crippen LogP contribution in [0.2, 0.25) is 0 Å². The van der Waals surface area contributed by atoms with Crippen LogP contribution in [0.5, 0.6) is 11.5 Å². The fraction of sp³-hybridized carbons (Fsp3) is 0.273. The number of benzene rings is 2. The molecule has 1 aromatic heterocycles. The lowest BCUT2D eigenvalue weighted by Gasteiger charge is -2.12. The van der Waals surface area contributed by atoms with E-state index >= 15 is 0 Å². The van der Waals surface area contributed by atoms with E-state index in [9.17, 15) is 9.18 Å². The number of fused-ring (bicyclic) bond motifs is 3. The molecule has 29 heavy (non-hydrogen) atoms. The number of nitrogens with zero attached hydrogens (tertiary/aromatic N) is 2. The zero-order valence-electron chi connectivity index (χ0n) is 16.7. The number of hydrogen-bond donors (Lipinski definition) is 1. The van der Waals surface area contributed by atoms with Crippen LogP contribution in [0.3, 0.4) is 0 Å². The molecule has 0 atom stereocenters. The van der Waals surface area contributed by atoms with Crippen LogP contribution in [0.4, 0.5) is 4.39 Å². The summed E-state index contributed by atoms with van der Waals surface area (Å²) in [5, 5.41) is 7.39. The highest BCUT2D eigenvalue weighted by Gasteiger charge is 2.33. The first-order valence-corrected chi connectivity index (χ1v) is 9.37. The molecule has 6 nitrogen and oxygen atoms in total. The fourth-order valence-electron chi connectivity index (χ4n) is 3.68. The van der Waals surface area contributed by atoms with Crippen LogP contribution in [0.15, 0.2) is 36.4 Å². The largest absolute Gasteiger partial charge is 0.493 e. The van der Waals surface area contributed by atoms with Gasteiger partial charge in [0.15, 0.2) is 17.2 Å². The maximum absolute atomic E-state index is 14.6. The molecule has 0 fully saturated rings. The SMILES string of the molecule is COc1cc2c(cc1OC)-c1c(c(C(=O)NC(C)C)nn1-c1ccccc1F)C2. The molecule has 1 aliphatic carbocycles. The molecule has 3 aromatic rings. The molecular formula is C22H22FN3O3. The van der Waals surface area contributed by atoms with E-state index < -0.39 is 5.82 Å². The maximum Gasteiger partial charge on any atom is 0.272 e. The summed E-state index contributed by atoms with van der Waals surface area (Å²) < 4.78 is 27.0. The third kappa shape index (κ3) is 3.12. The van der Waals surface area contributed by atoms with Crippen molar-refractivity contribution in [3.63, 3.8) is 0 Å². The van der Waals surface area contributed by atoms with Crippen molar-refractivity contribution in [2.75, 3.05) is 14.2 Å². The van der Waals surface area contributed by atoms with E-state index in [2.05, 4.69) is 10.4 Å². The third-order valence-electron chi connectivity index (χ3n) is 4.93. The first-order valence-electron chi connectivity index (χ1n) is 9.37. The highest BCUT2D eigenvalue weighted by molar-refractivity contribution is 5.97.